The number of methoxy groups -OCH3 is 2. The van der Waals surface area contributed by atoms with E-state index < -0.39 is 0 Å². The number of morpholine rings is 1. The molecule has 0 spiro atoms. The van der Waals surface area contributed by atoms with Crippen LogP contribution in [0.3, 0.4) is 0 Å². The van der Waals surface area contributed by atoms with Crippen LogP contribution in [0.25, 0.3) is 0 Å². The van der Waals surface area contributed by atoms with Crippen LogP contribution in [0.1, 0.15) is 6.92 Å². The number of hydrogen-bond acceptors (Lipinski definition) is 5. The van der Waals surface area contributed by atoms with Crippen LogP contribution in [-0.4, -0.2) is 58.0 Å². The molecule has 0 aliphatic carbocycles. The van der Waals surface area contributed by atoms with Gasteiger partial charge in [0.1, 0.15) is 11.5 Å². The summed E-state index contributed by atoms with van der Waals surface area (Å²) in [6, 6.07) is 3.60. The second-order valence-electron chi connectivity index (χ2n) is 4.95. The normalized spacial score (nSPS) is 19.3. The molecule has 0 saturated carbocycles. The molecule has 1 aromatic rings. The lowest BCUT2D eigenvalue weighted by Gasteiger charge is -2.32. The van der Waals surface area contributed by atoms with E-state index in [9.17, 15) is 0 Å². The number of anilines is 1. The highest BCUT2D eigenvalue weighted by molar-refractivity contribution is 6.32. The molecule has 0 amide bonds. The summed E-state index contributed by atoms with van der Waals surface area (Å²) in [7, 11) is 3.22. The average Bonchev–Trinajstić information content (AvgIpc) is 2.53. The number of halogens is 1. The van der Waals surface area contributed by atoms with E-state index in [0.29, 0.717) is 16.5 Å². The number of likely N-dealkylation sites (N-methyl/N-ethyl adjacent to an activating group) is 1. The van der Waals surface area contributed by atoms with E-state index >= 15 is 0 Å². The minimum Gasteiger partial charge on any atom is -0.495 e. The van der Waals surface area contributed by atoms with Crippen LogP contribution >= 0.6 is 11.6 Å². The monoisotopic (exact) mass is 314 g/mol. The summed E-state index contributed by atoms with van der Waals surface area (Å²) >= 11 is 6.17. The Bertz CT molecular complexity index is 470. The molecule has 1 aliphatic rings. The van der Waals surface area contributed by atoms with Crippen molar-refractivity contribution < 1.29 is 14.2 Å². The largest absolute Gasteiger partial charge is 0.495 e. The molecular weight excluding hydrogens is 292 g/mol. The molecule has 1 N–H and O–H groups in total. The predicted molar refractivity (Wildman–Crippen MR) is 84.9 cm³/mol. The Kier molecular flexibility index (Phi) is 5.96. The first-order valence-electron chi connectivity index (χ1n) is 7.17. The Morgan fingerprint density at radius 3 is 2.76 bits per heavy atom. The maximum Gasteiger partial charge on any atom is 0.145 e. The molecule has 0 bridgehead atoms. The van der Waals surface area contributed by atoms with Crippen molar-refractivity contribution in [2.75, 3.05) is 52.3 Å². The summed E-state index contributed by atoms with van der Waals surface area (Å²) in [4.78, 5) is 2.38. The third-order valence-electron chi connectivity index (χ3n) is 3.66. The number of hydrogen-bond donors (Lipinski definition) is 1. The summed E-state index contributed by atoms with van der Waals surface area (Å²) in [5, 5.41) is 3.91. The van der Waals surface area contributed by atoms with Gasteiger partial charge in [0.05, 0.1) is 37.6 Å². The average molecular weight is 315 g/mol. The minimum atomic E-state index is 0.171. The molecule has 0 aromatic heterocycles. The van der Waals surface area contributed by atoms with Gasteiger partial charge in [0, 0.05) is 25.7 Å². The Morgan fingerprint density at radius 2 is 2.10 bits per heavy atom. The molecule has 5 nitrogen and oxygen atoms in total. The number of rotatable bonds is 6. The molecule has 0 radical (unpaired) electrons. The summed E-state index contributed by atoms with van der Waals surface area (Å²) in [6.45, 7) is 6.66. The second kappa shape index (κ2) is 7.73. The number of benzene rings is 1. The molecule has 6 heteroatoms. The Balaban J connectivity index is 2.00. The van der Waals surface area contributed by atoms with Gasteiger partial charge in [-0.25, -0.2) is 0 Å². The molecule has 1 saturated heterocycles. The maximum atomic E-state index is 6.17. The first kappa shape index (κ1) is 16.2. The van der Waals surface area contributed by atoms with Gasteiger partial charge < -0.3 is 19.5 Å². The van der Waals surface area contributed by atoms with Gasteiger partial charge in [0.2, 0.25) is 0 Å². The van der Waals surface area contributed by atoms with Crippen LogP contribution in [0.5, 0.6) is 11.5 Å². The van der Waals surface area contributed by atoms with E-state index in [4.69, 9.17) is 25.8 Å². The van der Waals surface area contributed by atoms with E-state index in [1.165, 1.54) is 0 Å². The van der Waals surface area contributed by atoms with Crippen LogP contribution in [0.4, 0.5) is 5.69 Å². The van der Waals surface area contributed by atoms with E-state index in [0.717, 1.165) is 38.5 Å². The highest BCUT2D eigenvalue weighted by Gasteiger charge is 2.19. The van der Waals surface area contributed by atoms with Gasteiger partial charge >= 0.3 is 0 Å². The van der Waals surface area contributed by atoms with Gasteiger partial charge in [0.25, 0.3) is 0 Å². The van der Waals surface area contributed by atoms with Crippen molar-refractivity contribution in [3.05, 3.63) is 17.2 Å². The predicted octanol–water partition coefficient (Wildman–Crippen LogP) is 2.49. The summed E-state index contributed by atoms with van der Waals surface area (Å²) in [6.07, 6.45) is 0.171. The van der Waals surface area contributed by atoms with Gasteiger partial charge in [-0.3, -0.25) is 4.90 Å². The number of nitrogens with one attached hydrogen (secondary N) is 1. The van der Waals surface area contributed by atoms with Gasteiger partial charge in [-0.15, -0.1) is 0 Å². The van der Waals surface area contributed by atoms with E-state index in [2.05, 4.69) is 17.1 Å². The summed E-state index contributed by atoms with van der Waals surface area (Å²) in [5.41, 5.74) is 0.848. The Morgan fingerprint density at radius 1 is 1.33 bits per heavy atom. The molecule has 2 rings (SSSR count). The van der Waals surface area contributed by atoms with Crippen molar-refractivity contribution in [3.8, 4) is 11.5 Å². The number of ether oxygens (including phenoxy) is 3. The van der Waals surface area contributed by atoms with E-state index in [1.807, 2.05) is 6.07 Å². The van der Waals surface area contributed by atoms with E-state index in [-0.39, 0.29) is 6.10 Å². The molecule has 118 valence electrons. The molecule has 1 fully saturated rings. The third kappa shape index (κ3) is 4.15. The quantitative estimate of drug-likeness (QED) is 0.874. The van der Waals surface area contributed by atoms with Crippen LogP contribution in [0.15, 0.2) is 12.1 Å². The third-order valence-corrected chi connectivity index (χ3v) is 3.96. The van der Waals surface area contributed by atoms with Gasteiger partial charge in [-0.1, -0.05) is 18.5 Å². The van der Waals surface area contributed by atoms with Crippen molar-refractivity contribution in [1.82, 2.24) is 4.90 Å². The molecule has 21 heavy (non-hydrogen) atoms. The minimum absolute atomic E-state index is 0.171. The fraction of sp³-hybridized carbons (Fsp3) is 0.600. The molecule has 1 atom stereocenters. The van der Waals surface area contributed by atoms with Crippen molar-refractivity contribution in [1.29, 1.82) is 0 Å². The highest BCUT2D eigenvalue weighted by atomic mass is 35.5. The lowest BCUT2D eigenvalue weighted by molar-refractivity contribution is -0.0191. The van der Waals surface area contributed by atoms with Crippen molar-refractivity contribution >= 4 is 17.3 Å². The molecule has 1 aliphatic heterocycles. The van der Waals surface area contributed by atoms with Crippen molar-refractivity contribution in [2.24, 2.45) is 0 Å². The zero-order valence-corrected chi connectivity index (χ0v) is 13.6. The second-order valence-corrected chi connectivity index (χ2v) is 5.36. The molecule has 1 heterocycles. The van der Waals surface area contributed by atoms with Crippen LogP contribution < -0.4 is 14.8 Å². The first-order chi connectivity index (χ1) is 10.2. The zero-order valence-electron chi connectivity index (χ0n) is 12.8. The maximum absolute atomic E-state index is 6.17. The van der Waals surface area contributed by atoms with Crippen molar-refractivity contribution in [3.63, 3.8) is 0 Å². The number of nitrogens with zero attached hydrogens (tertiary/aromatic N) is 1. The van der Waals surface area contributed by atoms with Crippen LogP contribution in [-0.2, 0) is 4.74 Å². The summed E-state index contributed by atoms with van der Waals surface area (Å²) in [5.74, 6) is 1.31. The van der Waals surface area contributed by atoms with Crippen LogP contribution in [0.2, 0.25) is 5.02 Å². The lowest BCUT2D eigenvalue weighted by atomic mass is 10.2. The standard InChI is InChI=1S/C15H23ClN2O3/c1-4-18-5-6-21-11(10-18)9-17-13-7-12(16)14(19-2)8-15(13)20-3/h7-8,11,17H,4-6,9-10H2,1-3H3. The Hall–Kier alpha value is -1.17. The molecular formula is C15H23ClN2O3. The fourth-order valence-electron chi connectivity index (χ4n) is 2.41. The topological polar surface area (TPSA) is 43.0 Å². The SMILES string of the molecule is CCN1CCOC(CNc2cc(Cl)c(OC)cc2OC)C1. The fourth-order valence-corrected chi connectivity index (χ4v) is 2.65. The van der Waals surface area contributed by atoms with Gasteiger partial charge in [0.15, 0.2) is 0 Å². The first-order valence-corrected chi connectivity index (χ1v) is 7.55. The molecule has 1 aromatic carbocycles. The Labute approximate surface area is 131 Å². The smallest absolute Gasteiger partial charge is 0.145 e. The zero-order chi connectivity index (χ0) is 15.2. The van der Waals surface area contributed by atoms with Crippen molar-refractivity contribution in [2.45, 2.75) is 13.0 Å². The van der Waals surface area contributed by atoms with Gasteiger partial charge in [-0.05, 0) is 12.6 Å². The highest BCUT2D eigenvalue weighted by Crippen LogP contribution is 2.35. The van der Waals surface area contributed by atoms with Crippen LogP contribution in [0, 0.1) is 0 Å². The van der Waals surface area contributed by atoms with Gasteiger partial charge in [-0.2, -0.15) is 0 Å². The summed E-state index contributed by atoms with van der Waals surface area (Å²) < 4.78 is 16.3. The molecule has 1 unspecified atom stereocenters. The lowest BCUT2D eigenvalue weighted by Crippen LogP contribution is -2.45. The van der Waals surface area contributed by atoms with E-state index in [1.54, 1.807) is 20.3 Å².